The minimum atomic E-state index is -1.43. The van der Waals surface area contributed by atoms with Crippen LogP contribution in [0.25, 0.3) is 0 Å². The molecular formula is C14H9F3INO2. The molecule has 2 aromatic rings. The number of carboxylic acids is 1. The number of halogens is 4. The average Bonchev–Trinajstić information content (AvgIpc) is 2.40. The van der Waals surface area contributed by atoms with E-state index in [1.165, 1.54) is 19.2 Å². The van der Waals surface area contributed by atoms with E-state index in [2.05, 4.69) is 0 Å². The zero-order valence-electron chi connectivity index (χ0n) is 10.7. The number of carbonyl (C=O) groups is 1. The van der Waals surface area contributed by atoms with Crippen molar-refractivity contribution >= 4 is 39.9 Å². The number of hydrogen-bond acceptors (Lipinski definition) is 2. The van der Waals surface area contributed by atoms with E-state index in [1.807, 2.05) is 22.6 Å². The Morgan fingerprint density at radius 2 is 1.81 bits per heavy atom. The second-order valence-corrected chi connectivity index (χ2v) is 5.46. The Bertz CT molecular complexity index is 722. The van der Waals surface area contributed by atoms with Gasteiger partial charge in [0.2, 0.25) is 0 Å². The van der Waals surface area contributed by atoms with E-state index in [4.69, 9.17) is 5.11 Å². The fourth-order valence-corrected chi connectivity index (χ4v) is 2.37. The molecule has 0 fully saturated rings. The zero-order valence-corrected chi connectivity index (χ0v) is 12.9. The van der Waals surface area contributed by atoms with Crippen molar-refractivity contribution in [2.45, 2.75) is 0 Å². The highest BCUT2D eigenvalue weighted by Gasteiger charge is 2.23. The fraction of sp³-hybridized carbons (Fsp3) is 0.0714. The summed E-state index contributed by atoms with van der Waals surface area (Å²) in [6, 6.07) is 5.82. The minimum Gasteiger partial charge on any atom is -0.478 e. The van der Waals surface area contributed by atoms with Gasteiger partial charge in [0.05, 0.1) is 16.9 Å². The molecule has 0 amide bonds. The molecule has 1 N–H and O–H groups in total. The molecule has 0 aliphatic heterocycles. The van der Waals surface area contributed by atoms with Gasteiger partial charge in [-0.05, 0) is 52.9 Å². The molecule has 0 radical (unpaired) electrons. The summed E-state index contributed by atoms with van der Waals surface area (Å²) in [4.78, 5) is 12.1. The third-order valence-electron chi connectivity index (χ3n) is 2.91. The SMILES string of the molecule is CN(c1ccc(I)cc1F)c1c(C(=O)O)ccc(F)c1F. The average molecular weight is 407 g/mol. The summed E-state index contributed by atoms with van der Waals surface area (Å²) in [6.45, 7) is 0. The van der Waals surface area contributed by atoms with E-state index in [9.17, 15) is 18.0 Å². The van der Waals surface area contributed by atoms with Gasteiger partial charge in [-0.1, -0.05) is 0 Å². The molecule has 110 valence electrons. The molecule has 0 unspecified atom stereocenters. The first-order chi connectivity index (χ1) is 9.82. The summed E-state index contributed by atoms with van der Waals surface area (Å²) < 4.78 is 41.9. The van der Waals surface area contributed by atoms with Gasteiger partial charge in [-0.15, -0.1) is 0 Å². The van der Waals surface area contributed by atoms with Crippen LogP contribution in [0.2, 0.25) is 0 Å². The van der Waals surface area contributed by atoms with Gasteiger partial charge >= 0.3 is 5.97 Å². The Morgan fingerprint density at radius 1 is 1.14 bits per heavy atom. The van der Waals surface area contributed by atoms with Crippen molar-refractivity contribution < 1.29 is 23.1 Å². The first-order valence-corrected chi connectivity index (χ1v) is 6.81. The molecule has 0 aromatic heterocycles. The Labute approximate surface area is 132 Å². The van der Waals surface area contributed by atoms with E-state index in [0.717, 1.165) is 17.0 Å². The van der Waals surface area contributed by atoms with E-state index in [1.54, 1.807) is 6.07 Å². The van der Waals surface area contributed by atoms with E-state index >= 15 is 0 Å². The summed E-state index contributed by atoms with van der Waals surface area (Å²) in [5.41, 5.74) is -1.03. The van der Waals surface area contributed by atoms with E-state index in [-0.39, 0.29) is 5.69 Å². The second kappa shape index (κ2) is 5.92. The maximum Gasteiger partial charge on any atom is 0.337 e. The van der Waals surface area contributed by atoms with Gasteiger partial charge in [-0.25, -0.2) is 18.0 Å². The van der Waals surface area contributed by atoms with Crippen molar-refractivity contribution in [2.24, 2.45) is 0 Å². The molecule has 0 saturated carbocycles. The monoisotopic (exact) mass is 407 g/mol. The third-order valence-corrected chi connectivity index (χ3v) is 3.58. The van der Waals surface area contributed by atoms with Crippen LogP contribution >= 0.6 is 22.6 Å². The third kappa shape index (κ3) is 2.97. The van der Waals surface area contributed by atoms with Crippen LogP contribution in [-0.2, 0) is 0 Å². The molecule has 0 heterocycles. The summed E-state index contributed by atoms with van der Waals surface area (Å²) >= 11 is 1.90. The Hall–Kier alpha value is -1.77. The van der Waals surface area contributed by atoms with Crippen LogP contribution in [0.1, 0.15) is 10.4 Å². The fourth-order valence-electron chi connectivity index (χ4n) is 1.91. The van der Waals surface area contributed by atoms with Crippen molar-refractivity contribution in [1.82, 2.24) is 0 Å². The highest BCUT2D eigenvalue weighted by atomic mass is 127. The van der Waals surface area contributed by atoms with Crippen LogP contribution < -0.4 is 4.90 Å². The Kier molecular flexibility index (Phi) is 4.40. The maximum atomic E-state index is 14.0. The van der Waals surface area contributed by atoms with Gasteiger partial charge in [-0.2, -0.15) is 0 Å². The van der Waals surface area contributed by atoms with Crippen LogP contribution in [0.4, 0.5) is 24.5 Å². The van der Waals surface area contributed by atoms with Gasteiger partial charge in [-0.3, -0.25) is 0 Å². The quantitative estimate of drug-likeness (QED) is 0.777. The molecule has 3 nitrogen and oxygen atoms in total. The van der Waals surface area contributed by atoms with Crippen LogP contribution in [-0.4, -0.2) is 18.1 Å². The van der Waals surface area contributed by atoms with Crippen LogP contribution in [0.15, 0.2) is 30.3 Å². The smallest absolute Gasteiger partial charge is 0.337 e. The summed E-state index contributed by atoms with van der Waals surface area (Å²) in [5.74, 6) is -4.63. The highest BCUT2D eigenvalue weighted by Crippen LogP contribution is 2.33. The lowest BCUT2D eigenvalue weighted by molar-refractivity contribution is 0.0697. The topological polar surface area (TPSA) is 40.5 Å². The zero-order chi connectivity index (χ0) is 15.7. The number of aromatic carboxylic acids is 1. The normalized spacial score (nSPS) is 10.5. The van der Waals surface area contributed by atoms with E-state index < -0.39 is 34.7 Å². The number of hydrogen-bond donors (Lipinski definition) is 1. The van der Waals surface area contributed by atoms with Crippen molar-refractivity contribution in [3.05, 3.63) is 56.9 Å². The summed E-state index contributed by atoms with van der Waals surface area (Å²) in [6.07, 6.45) is 0. The maximum absolute atomic E-state index is 14.0. The molecule has 7 heteroatoms. The second-order valence-electron chi connectivity index (χ2n) is 4.22. The molecule has 2 rings (SSSR count). The van der Waals surface area contributed by atoms with Crippen molar-refractivity contribution in [1.29, 1.82) is 0 Å². The number of benzene rings is 2. The van der Waals surface area contributed by atoms with Gasteiger partial charge in [0.25, 0.3) is 0 Å². The lowest BCUT2D eigenvalue weighted by atomic mass is 10.1. The molecule has 21 heavy (non-hydrogen) atoms. The predicted molar refractivity (Wildman–Crippen MR) is 80.5 cm³/mol. The summed E-state index contributed by atoms with van der Waals surface area (Å²) in [5, 5.41) is 9.08. The molecular weight excluding hydrogens is 398 g/mol. The van der Waals surface area contributed by atoms with Gasteiger partial charge in [0.15, 0.2) is 11.6 Å². The lowest BCUT2D eigenvalue weighted by Crippen LogP contribution is -2.18. The molecule has 0 spiro atoms. The van der Waals surface area contributed by atoms with Crippen molar-refractivity contribution in [3.63, 3.8) is 0 Å². The highest BCUT2D eigenvalue weighted by molar-refractivity contribution is 14.1. The standard InChI is InChI=1S/C14H9F3INO2/c1-19(11-5-2-7(18)6-10(11)16)13-8(14(20)21)3-4-9(15)12(13)17/h2-6H,1H3,(H,20,21). The van der Waals surface area contributed by atoms with E-state index in [0.29, 0.717) is 3.57 Å². The predicted octanol–water partition coefficient (Wildman–Crippen LogP) is 4.17. The number of nitrogens with zero attached hydrogens (tertiary/aromatic N) is 1. The van der Waals surface area contributed by atoms with Crippen LogP contribution in [0.5, 0.6) is 0 Å². The van der Waals surface area contributed by atoms with Crippen LogP contribution in [0, 0.1) is 21.0 Å². The van der Waals surface area contributed by atoms with Gasteiger partial charge in [0, 0.05) is 10.6 Å². The van der Waals surface area contributed by atoms with Gasteiger partial charge in [0.1, 0.15) is 5.82 Å². The molecule has 0 aliphatic carbocycles. The first-order valence-electron chi connectivity index (χ1n) is 5.73. The van der Waals surface area contributed by atoms with Crippen molar-refractivity contribution in [2.75, 3.05) is 11.9 Å². The first kappa shape index (κ1) is 15.6. The molecule has 0 aliphatic rings. The number of rotatable bonds is 3. The van der Waals surface area contributed by atoms with Crippen molar-refractivity contribution in [3.8, 4) is 0 Å². The minimum absolute atomic E-state index is 0.0533. The Balaban J connectivity index is 2.64. The summed E-state index contributed by atoms with van der Waals surface area (Å²) in [7, 11) is 1.27. The molecule has 0 bridgehead atoms. The number of anilines is 2. The molecule has 2 aromatic carbocycles. The largest absolute Gasteiger partial charge is 0.478 e. The van der Waals surface area contributed by atoms with Gasteiger partial charge < -0.3 is 10.0 Å². The molecule has 0 atom stereocenters. The lowest BCUT2D eigenvalue weighted by Gasteiger charge is -2.22. The Morgan fingerprint density at radius 3 is 2.38 bits per heavy atom. The van der Waals surface area contributed by atoms with Crippen LogP contribution in [0.3, 0.4) is 0 Å². The number of carboxylic acid groups (broad SMARTS) is 1. The molecule has 0 saturated heterocycles.